The van der Waals surface area contributed by atoms with Crippen LogP contribution in [-0.4, -0.2) is 43.1 Å². The lowest BCUT2D eigenvalue weighted by molar-refractivity contribution is -0.0209. The largest absolute Gasteiger partial charge is 0.507 e. The summed E-state index contributed by atoms with van der Waals surface area (Å²) >= 11 is 0. The molecule has 0 aromatic heterocycles. The molecule has 0 saturated heterocycles. The predicted molar refractivity (Wildman–Crippen MR) is 125 cm³/mol. The third kappa shape index (κ3) is 3.57. The molecule has 34 heavy (non-hydrogen) atoms. The van der Waals surface area contributed by atoms with Gasteiger partial charge >= 0.3 is 5.97 Å². The zero-order valence-corrected chi connectivity index (χ0v) is 19.0. The summed E-state index contributed by atoms with van der Waals surface area (Å²) in [6.07, 6.45) is -0.00758. The van der Waals surface area contributed by atoms with Crippen molar-refractivity contribution in [1.82, 2.24) is 5.01 Å². The Labute approximate surface area is 196 Å². The van der Waals surface area contributed by atoms with Crippen LogP contribution in [0, 0.1) is 0 Å². The summed E-state index contributed by atoms with van der Waals surface area (Å²) < 4.78 is 22.2. The van der Waals surface area contributed by atoms with Crippen molar-refractivity contribution in [3.8, 4) is 23.0 Å². The van der Waals surface area contributed by atoms with Crippen LogP contribution >= 0.6 is 0 Å². The van der Waals surface area contributed by atoms with Gasteiger partial charge in [-0.3, -0.25) is 0 Å². The van der Waals surface area contributed by atoms with Gasteiger partial charge in [-0.05, 0) is 36.4 Å². The summed E-state index contributed by atoms with van der Waals surface area (Å²) in [5.74, 6) is 1.64. The fourth-order valence-corrected chi connectivity index (χ4v) is 4.40. The lowest BCUT2D eigenvalue weighted by atomic mass is 9.95. The number of hydrogen-bond acceptors (Lipinski definition) is 8. The maximum absolute atomic E-state index is 11.9. The van der Waals surface area contributed by atoms with E-state index in [9.17, 15) is 9.90 Å². The fraction of sp³-hybridized carbons (Fsp3) is 0.231. The fourth-order valence-electron chi connectivity index (χ4n) is 4.40. The summed E-state index contributed by atoms with van der Waals surface area (Å²) in [5, 5.41) is 17.3. The van der Waals surface area contributed by atoms with Gasteiger partial charge in [0.2, 0.25) is 6.23 Å². The minimum atomic E-state index is -0.564. The molecule has 0 spiro atoms. The molecule has 5 rings (SSSR count). The van der Waals surface area contributed by atoms with Crippen LogP contribution in [0.4, 0.5) is 0 Å². The smallest absolute Gasteiger partial charge is 0.337 e. The average molecular weight is 460 g/mol. The number of esters is 1. The van der Waals surface area contributed by atoms with Gasteiger partial charge in [0.05, 0.1) is 38.6 Å². The third-order valence-corrected chi connectivity index (χ3v) is 6.13. The van der Waals surface area contributed by atoms with Crippen LogP contribution in [0.1, 0.15) is 45.7 Å². The van der Waals surface area contributed by atoms with E-state index in [1.807, 2.05) is 35.3 Å². The second kappa shape index (κ2) is 8.62. The number of benzene rings is 3. The molecule has 2 heterocycles. The molecule has 1 N–H and O–H groups in total. The van der Waals surface area contributed by atoms with Gasteiger partial charge in [0.15, 0.2) is 11.5 Å². The number of methoxy groups -OCH3 is 3. The second-order valence-corrected chi connectivity index (χ2v) is 7.99. The van der Waals surface area contributed by atoms with E-state index in [-0.39, 0.29) is 11.8 Å². The number of hydrazone groups is 1. The summed E-state index contributed by atoms with van der Waals surface area (Å²) in [6.45, 7) is 0. The molecule has 3 aromatic carbocycles. The third-order valence-electron chi connectivity index (χ3n) is 6.13. The molecule has 2 aliphatic rings. The van der Waals surface area contributed by atoms with Gasteiger partial charge in [0.1, 0.15) is 11.5 Å². The van der Waals surface area contributed by atoms with Gasteiger partial charge in [-0.1, -0.05) is 24.3 Å². The SMILES string of the molecule is COC(=O)c1ccc([C@@H]2Oc3c(OC)cccc3[C@H]3CC(c4cc(OC)ccc4O)=NN32)cc1. The van der Waals surface area contributed by atoms with E-state index >= 15 is 0 Å². The Balaban J connectivity index is 1.60. The molecule has 8 heteroatoms. The zero-order chi connectivity index (χ0) is 23.8. The number of ether oxygens (including phenoxy) is 4. The highest BCUT2D eigenvalue weighted by molar-refractivity contribution is 6.04. The highest BCUT2D eigenvalue weighted by atomic mass is 16.5. The van der Waals surface area contributed by atoms with E-state index in [1.165, 1.54) is 7.11 Å². The molecule has 2 atom stereocenters. The number of fused-ring (bicyclic) bond motifs is 3. The standard InChI is InChI=1S/C26H24N2O6/c1-31-17-11-12-22(29)19(13-17)20-14-21-18-5-4-6-23(32-2)24(18)34-25(28(21)27-20)15-7-9-16(10-8-15)26(30)33-3/h4-13,21,25,29H,14H2,1-3H3/t21-,25+/m1/s1. The summed E-state index contributed by atoms with van der Waals surface area (Å²) in [4.78, 5) is 11.9. The highest BCUT2D eigenvalue weighted by Gasteiger charge is 2.42. The number of aromatic hydroxyl groups is 1. The first-order valence-corrected chi connectivity index (χ1v) is 10.8. The van der Waals surface area contributed by atoms with Gasteiger partial charge in [-0.2, -0.15) is 5.10 Å². The quantitative estimate of drug-likeness (QED) is 0.563. The van der Waals surface area contributed by atoms with Crippen LogP contribution in [0.2, 0.25) is 0 Å². The molecule has 0 fully saturated rings. The topological polar surface area (TPSA) is 89.8 Å². The van der Waals surface area contributed by atoms with Crippen LogP contribution in [0.25, 0.3) is 0 Å². The predicted octanol–water partition coefficient (Wildman–Crippen LogP) is 4.44. The van der Waals surface area contributed by atoms with Crippen molar-refractivity contribution in [3.63, 3.8) is 0 Å². The number of para-hydroxylation sites is 1. The Kier molecular flexibility index (Phi) is 5.49. The molecule has 2 aliphatic heterocycles. The lowest BCUT2D eigenvalue weighted by Crippen LogP contribution is -2.33. The van der Waals surface area contributed by atoms with Gasteiger partial charge in [-0.25, -0.2) is 9.80 Å². The Morgan fingerprint density at radius 1 is 1.06 bits per heavy atom. The summed E-state index contributed by atoms with van der Waals surface area (Å²) in [6, 6.07) is 17.8. The molecule has 0 aliphatic carbocycles. The Morgan fingerprint density at radius 2 is 1.85 bits per heavy atom. The number of carbonyl (C=O) groups excluding carboxylic acids is 1. The Morgan fingerprint density at radius 3 is 2.56 bits per heavy atom. The molecule has 0 saturated carbocycles. The first-order chi connectivity index (χ1) is 16.5. The molecule has 0 bridgehead atoms. The Bertz CT molecular complexity index is 1270. The van der Waals surface area contributed by atoms with Crippen molar-refractivity contribution < 1.29 is 28.8 Å². The minimum absolute atomic E-state index is 0.130. The van der Waals surface area contributed by atoms with Crippen molar-refractivity contribution in [3.05, 3.63) is 82.9 Å². The lowest BCUT2D eigenvalue weighted by Gasteiger charge is -2.38. The molecular weight excluding hydrogens is 436 g/mol. The van der Waals surface area contributed by atoms with Crippen molar-refractivity contribution in [2.45, 2.75) is 18.7 Å². The minimum Gasteiger partial charge on any atom is -0.507 e. The summed E-state index contributed by atoms with van der Waals surface area (Å²) in [5.41, 5.74) is 3.54. The van der Waals surface area contributed by atoms with E-state index < -0.39 is 12.2 Å². The zero-order valence-electron chi connectivity index (χ0n) is 19.0. The number of rotatable bonds is 5. The van der Waals surface area contributed by atoms with E-state index in [1.54, 1.807) is 44.6 Å². The number of carbonyl (C=O) groups is 1. The molecule has 8 nitrogen and oxygen atoms in total. The maximum atomic E-state index is 11.9. The van der Waals surface area contributed by atoms with Crippen molar-refractivity contribution in [2.24, 2.45) is 5.10 Å². The average Bonchev–Trinajstić information content (AvgIpc) is 3.33. The second-order valence-electron chi connectivity index (χ2n) is 7.99. The number of phenolic OH excluding ortho intramolecular Hbond substituents is 1. The van der Waals surface area contributed by atoms with Crippen LogP contribution < -0.4 is 14.2 Å². The normalized spacial score (nSPS) is 18.3. The van der Waals surface area contributed by atoms with E-state index in [0.717, 1.165) is 16.8 Å². The van der Waals surface area contributed by atoms with E-state index in [2.05, 4.69) is 0 Å². The van der Waals surface area contributed by atoms with Gasteiger partial charge < -0.3 is 24.1 Å². The van der Waals surface area contributed by atoms with Gasteiger partial charge in [0.25, 0.3) is 0 Å². The monoisotopic (exact) mass is 460 g/mol. The number of hydrogen-bond donors (Lipinski definition) is 1. The summed E-state index contributed by atoms with van der Waals surface area (Å²) in [7, 11) is 4.54. The molecule has 0 amide bonds. The molecule has 0 unspecified atom stereocenters. The van der Waals surface area contributed by atoms with Crippen molar-refractivity contribution >= 4 is 11.7 Å². The molecular formula is C26H24N2O6. The Hall–Kier alpha value is -4.20. The van der Waals surface area contributed by atoms with Crippen LogP contribution in [0.5, 0.6) is 23.0 Å². The van der Waals surface area contributed by atoms with Gasteiger partial charge in [-0.15, -0.1) is 0 Å². The van der Waals surface area contributed by atoms with Crippen molar-refractivity contribution in [2.75, 3.05) is 21.3 Å². The van der Waals surface area contributed by atoms with Crippen LogP contribution in [0.3, 0.4) is 0 Å². The van der Waals surface area contributed by atoms with Gasteiger partial charge in [0, 0.05) is 23.1 Å². The van der Waals surface area contributed by atoms with E-state index in [4.69, 9.17) is 24.0 Å². The first kappa shape index (κ1) is 21.6. The van der Waals surface area contributed by atoms with Crippen LogP contribution in [0.15, 0.2) is 65.8 Å². The first-order valence-electron chi connectivity index (χ1n) is 10.8. The van der Waals surface area contributed by atoms with Crippen LogP contribution in [-0.2, 0) is 4.74 Å². The number of nitrogens with zero attached hydrogens (tertiary/aromatic N) is 2. The molecule has 3 aromatic rings. The number of phenols is 1. The molecule has 0 radical (unpaired) electrons. The maximum Gasteiger partial charge on any atom is 0.337 e. The molecule has 174 valence electrons. The van der Waals surface area contributed by atoms with Crippen molar-refractivity contribution in [1.29, 1.82) is 0 Å². The highest BCUT2D eigenvalue weighted by Crippen LogP contribution is 2.51. The van der Waals surface area contributed by atoms with E-state index in [0.29, 0.717) is 34.8 Å².